The molecule has 3 N–H and O–H groups in total. The van der Waals surface area contributed by atoms with Gasteiger partial charge in [-0.2, -0.15) is 0 Å². The summed E-state index contributed by atoms with van der Waals surface area (Å²) in [7, 11) is -9.92. The average Bonchev–Trinajstić information content (AvgIpc) is 0.906. The number of phosphoric ester groups is 2. The van der Waals surface area contributed by atoms with Gasteiger partial charge in [0.05, 0.1) is 26.4 Å². The standard InChI is InChI=1S/C85H166O17P2/c1-6-10-13-16-19-22-24-26-27-28-29-30-31-35-38-42-45-49-54-59-64-69-83(88)96-75-81(102-85(90)71-66-61-56-51-47-43-39-36-33-32-34-37-41-44-48-52-57-62-67-78(5)9-4)77-100-104(93,94)98-73-79(86)72-97-103(91,92)99-76-80(74-95-82(87)68-63-58-53-21-18-15-12-8-3)101-84(89)70-65-60-55-50-46-40-25-23-20-17-14-11-7-2/h78-81,86H,6-77H2,1-5H3,(H,91,92)(H,93,94)/t78?,79-,80+,81+/m0/s1. The Morgan fingerprint density at radius 1 is 0.269 bits per heavy atom. The number of carbonyl (C=O) groups excluding carboxylic acids is 4. The van der Waals surface area contributed by atoms with Gasteiger partial charge in [-0.25, -0.2) is 9.13 Å². The number of rotatable bonds is 85. The summed E-state index contributed by atoms with van der Waals surface area (Å²) in [4.78, 5) is 73.0. The van der Waals surface area contributed by atoms with Crippen molar-refractivity contribution in [1.82, 2.24) is 0 Å². The van der Waals surface area contributed by atoms with E-state index in [1.54, 1.807) is 0 Å². The lowest BCUT2D eigenvalue weighted by Gasteiger charge is -2.21. The highest BCUT2D eigenvalue weighted by Crippen LogP contribution is 2.45. The van der Waals surface area contributed by atoms with E-state index in [-0.39, 0.29) is 25.7 Å². The van der Waals surface area contributed by atoms with E-state index in [9.17, 15) is 43.2 Å². The summed E-state index contributed by atoms with van der Waals surface area (Å²) in [5.41, 5.74) is 0. The Hall–Kier alpha value is -1.94. The molecule has 0 amide bonds. The van der Waals surface area contributed by atoms with Crippen molar-refractivity contribution < 1.29 is 80.2 Å². The number of hydrogen-bond donors (Lipinski definition) is 3. The number of unbranched alkanes of at least 4 members (excludes halogenated alkanes) is 56. The van der Waals surface area contributed by atoms with Gasteiger partial charge in [0.1, 0.15) is 19.3 Å². The second kappa shape index (κ2) is 77.8. The van der Waals surface area contributed by atoms with E-state index >= 15 is 0 Å². The van der Waals surface area contributed by atoms with Gasteiger partial charge in [0, 0.05) is 25.7 Å². The summed E-state index contributed by atoms with van der Waals surface area (Å²) in [5, 5.41) is 10.6. The fourth-order valence-corrected chi connectivity index (χ4v) is 14.8. The molecule has 0 saturated carbocycles. The summed E-state index contributed by atoms with van der Waals surface area (Å²) in [6.07, 6.45) is 71.0. The minimum Gasteiger partial charge on any atom is -0.462 e. The normalized spacial score (nSPS) is 14.0. The highest BCUT2D eigenvalue weighted by Gasteiger charge is 2.30. The molecule has 0 fully saturated rings. The summed E-state index contributed by atoms with van der Waals surface area (Å²) in [6.45, 7) is 7.39. The molecule has 0 aliphatic carbocycles. The summed E-state index contributed by atoms with van der Waals surface area (Å²) in [5.74, 6) is -1.23. The van der Waals surface area contributed by atoms with Gasteiger partial charge in [-0.1, -0.05) is 407 Å². The summed E-state index contributed by atoms with van der Waals surface area (Å²) in [6, 6.07) is 0. The second-order valence-corrected chi connectivity index (χ2v) is 33.7. The molecule has 0 bridgehead atoms. The maximum absolute atomic E-state index is 13.1. The summed E-state index contributed by atoms with van der Waals surface area (Å²) < 4.78 is 68.7. The predicted molar refractivity (Wildman–Crippen MR) is 428 cm³/mol. The Labute approximate surface area is 638 Å². The molecule has 17 nitrogen and oxygen atoms in total. The van der Waals surface area contributed by atoms with Crippen LogP contribution in [0.3, 0.4) is 0 Å². The van der Waals surface area contributed by atoms with Crippen LogP contribution in [-0.2, 0) is 65.4 Å². The van der Waals surface area contributed by atoms with Crippen molar-refractivity contribution in [2.75, 3.05) is 39.6 Å². The van der Waals surface area contributed by atoms with E-state index in [0.29, 0.717) is 25.7 Å². The van der Waals surface area contributed by atoms with E-state index < -0.39 is 97.5 Å². The minimum absolute atomic E-state index is 0.108. The van der Waals surface area contributed by atoms with Crippen LogP contribution in [0.1, 0.15) is 458 Å². The highest BCUT2D eigenvalue weighted by molar-refractivity contribution is 7.47. The van der Waals surface area contributed by atoms with Crippen LogP contribution in [-0.4, -0.2) is 96.7 Å². The zero-order valence-corrected chi connectivity index (χ0v) is 70.0. The molecule has 0 radical (unpaired) electrons. The van der Waals surface area contributed by atoms with Crippen LogP contribution < -0.4 is 0 Å². The second-order valence-electron chi connectivity index (χ2n) is 30.8. The largest absolute Gasteiger partial charge is 0.472 e. The third-order valence-electron chi connectivity index (χ3n) is 20.4. The van der Waals surface area contributed by atoms with Crippen molar-refractivity contribution in [1.29, 1.82) is 0 Å². The van der Waals surface area contributed by atoms with Crippen LogP contribution in [0.5, 0.6) is 0 Å². The molecule has 0 aliphatic heterocycles. The van der Waals surface area contributed by atoms with Gasteiger partial charge in [-0.15, -0.1) is 0 Å². The predicted octanol–water partition coefficient (Wildman–Crippen LogP) is 26.0. The third-order valence-corrected chi connectivity index (χ3v) is 22.3. The van der Waals surface area contributed by atoms with Crippen molar-refractivity contribution >= 4 is 39.5 Å². The lowest BCUT2D eigenvalue weighted by molar-refractivity contribution is -0.161. The lowest BCUT2D eigenvalue weighted by Crippen LogP contribution is -2.30. The maximum atomic E-state index is 13.1. The van der Waals surface area contributed by atoms with Crippen LogP contribution in [0.4, 0.5) is 0 Å². The quantitative estimate of drug-likeness (QED) is 0.0222. The molecule has 0 rings (SSSR count). The minimum atomic E-state index is -4.96. The Balaban J connectivity index is 5.16. The summed E-state index contributed by atoms with van der Waals surface area (Å²) >= 11 is 0. The number of phosphoric acid groups is 2. The van der Waals surface area contributed by atoms with Gasteiger partial charge in [-0.05, 0) is 31.6 Å². The SMILES string of the molecule is CCCCCCCCCCCCCCCCCCCCCCCC(=O)OC[C@H](COP(=O)(O)OC[C@@H](O)COP(=O)(O)OC[C@@H](COC(=O)CCCCCCCCCC)OC(=O)CCCCCCCCCCCCCCC)OC(=O)CCCCCCCCCCCCCCCCCCCCC(C)CC. The fourth-order valence-electron chi connectivity index (χ4n) is 13.3. The first kappa shape index (κ1) is 102. The topological polar surface area (TPSA) is 237 Å². The molecule has 0 aromatic carbocycles. The number of carbonyl (C=O) groups is 4. The molecule has 19 heteroatoms. The first-order valence-electron chi connectivity index (χ1n) is 44.2. The van der Waals surface area contributed by atoms with E-state index in [1.165, 1.54) is 276 Å². The third kappa shape index (κ3) is 76.8. The monoisotopic (exact) mass is 1520 g/mol. The molecule has 0 aliphatic rings. The first-order chi connectivity index (χ1) is 50.6. The zero-order chi connectivity index (χ0) is 76.2. The van der Waals surface area contributed by atoms with Crippen molar-refractivity contribution in [2.45, 2.75) is 477 Å². The number of aliphatic hydroxyl groups is 1. The van der Waals surface area contributed by atoms with E-state index in [1.807, 2.05) is 0 Å². The Morgan fingerprint density at radius 2 is 0.462 bits per heavy atom. The molecule has 0 saturated heterocycles. The van der Waals surface area contributed by atoms with Crippen molar-refractivity contribution in [3.8, 4) is 0 Å². The van der Waals surface area contributed by atoms with Gasteiger partial charge in [-0.3, -0.25) is 37.3 Å². The Morgan fingerprint density at radius 3 is 0.683 bits per heavy atom. The van der Waals surface area contributed by atoms with Crippen molar-refractivity contribution in [3.63, 3.8) is 0 Å². The fraction of sp³-hybridized carbons (Fsp3) is 0.953. The van der Waals surface area contributed by atoms with Gasteiger partial charge >= 0.3 is 39.5 Å². The smallest absolute Gasteiger partial charge is 0.462 e. The maximum Gasteiger partial charge on any atom is 0.472 e. The zero-order valence-electron chi connectivity index (χ0n) is 68.2. The molecule has 6 atom stereocenters. The van der Waals surface area contributed by atoms with Gasteiger partial charge in [0.15, 0.2) is 12.2 Å². The van der Waals surface area contributed by atoms with Crippen LogP contribution in [0.25, 0.3) is 0 Å². The number of aliphatic hydroxyl groups excluding tert-OH is 1. The number of hydrogen-bond acceptors (Lipinski definition) is 15. The van der Waals surface area contributed by atoms with Crippen molar-refractivity contribution in [3.05, 3.63) is 0 Å². The Bertz CT molecular complexity index is 1980. The molecule has 0 spiro atoms. The number of ether oxygens (including phenoxy) is 4. The van der Waals surface area contributed by atoms with Crippen LogP contribution in [0, 0.1) is 5.92 Å². The molecular weight excluding hydrogens is 1350 g/mol. The van der Waals surface area contributed by atoms with Gasteiger partial charge in [0.25, 0.3) is 0 Å². The molecule has 618 valence electrons. The van der Waals surface area contributed by atoms with Crippen molar-refractivity contribution in [2.24, 2.45) is 5.92 Å². The Kier molecular flexibility index (Phi) is 76.3. The average molecular weight is 1520 g/mol. The van der Waals surface area contributed by atoms with E-state index in [2.05, 4.69) is 34.6 Å². The molecule has 104 heavy (non-hydrogen) atoms. The highest BCUT2D eigenvalue weighted by atomic mass is 31.2. The molecule has 3 unspecified atom stereocenters. The van der Waals surface area contributed by atoms with Gasteiger partial charge < -0.3 is 33.8 Å². The van der Waals surface area contributed by atoms with Crippen LogP contribution in [0.15, 0.2) is 0 Å². The van der Waals surface area contributed by atoms with E-state index in [0.717, 1.165) is 102 Å². The van der Waals surface area contributed by atoms with Crippen LogP contribution >= 0.6 is 15.6 Å². The van der Waals surface area contributed by atoms with E-state index in [4.69, 9.17) is 37.0 Å². The van der Waals surface area contributed by atoms with Crippen LogP contribution in [0.2, 0.25) is 0 Å². The van der Waals surface area contributed by atoms with Gasteiger partial charge in [0.2, 0.25) is 0 Å². The molecule has 0 heterocycles. The number of esters is 4. The molecular formula is C85H166O17P2. The molecule has 0 aromatic rings. The first-order valence-corrected chi connectivity index (χ1v) is 47.2. The molecule has 0 aromatic heterocycles. The lowest BCUT2D eigenvalue weighted by atomic mass is 9.99.